The minimum Gasteiger partial charge on any atom is -0.231 e. The molecule has 0 aromatic carbocycles. The van der Waals surface area contributed by atoms with E-state index in [-0.39, 0.29) is 10.0 Å². The number of rotatable bonds is 2. The van der Waals surface area contributed by atoms with Crippen molar-refractivity contribution in [1.82, 2.24) is 0 Å². The molecule has 0 saturated heterocycles. The maximum Gasteiger partial charge on any atom is 0.145 e. The zero-order chi connectivity index (χ0) is 6.62. The molecule has 0 amide bonds. The predicted octanol–water partition coefficient (Wildman–Crippen LogP) is 1.64. The smallest absolute Gasteiger partial charge is 0.145 e. The van der Waals surface area contributed by atoms with Crippen LogP contribution in [0.2, 0.25) is 6.82 Å². The zero-order valence-electron chi connectivity index (χ0n) is 6.27. The van der Waals surface area contributed by atoms with E-state index in [1.165, 1.54) is 7.28 Å². The van der Waals surface area contributed by atoms with Crippen molar-refractivity contribution in [3.8, 4) is 0 Å². The lowest BCUT2D eigenvalue weighted by Crippen LogP contribution is -1.85. The molecule has 0 atom stereocenters. The third-order valence-corrected chi connectivity index (χ3v) is 1.75. The van der Waals surface area contributed by atoms with Gasteiger partial charge < -0.3 is 0 Å². The van der Waals surface area contributed by atoms with Crippen molar-refractivity contribution in [2.24, 2.45) is 0 Å². The minimum atomic E-state index is -0.367. The molecule has 0 saturated carbocycles. The Labute approximate surface area is 54.9 Å². The number of hydrogen-bond donors (Lipinski definition) is 0. The van der Waals surface area contributed by atoms with E-state index < -0.39 is 0 Å². The maximum atomic E-state index is 2.33. The van der Waals surface area contributed by atoms with Crippen LogP contribution in [-0.4, -0.2) is 26.0 Å². The van der Waals surface area contributed by atoms with Crippen molar-refractivity contribution in [1.29, 1.82) is 0 Å². The summed E-state index contributed by atoms with van der Waals surface area (Å²) in [4.78, 5) is 0. The first-order valence-corrected chi connectivity index (χ1v) is 5.83. The van der Waals surface area contributed by atoms with Crippen LogP contribution in [0.1, 0.15) is 0 Å². The fourth-order valence-corrected chi connectivity index (χ4v) is 1.15. The van der Waals surface area contributed by atoms with Crippen LogP contribution in [0.25, 0.3) is 0 Å². The molecule has 0 unspecified atom stereocenters. The van der Waals surface area contributed by atoms with Crippen molar-refractivity contribution in [3.63, 3.8) is 0 Å². The summed E-state index contributed by atoms with van der Waals surface area (Å²) in [5, 5.41) is 2.33. The monoisotopic (exact) mass is 130 g/mol. The van der Waals surface area contributed by atoms with E-state index in [9.17, 15) is 0 Å². The van der Waals surface area contributed by atoms with E-state index in [2.05, 4.69) is 37.0 Å². The SMILES string of the molecule is CB/C=C/S(C)(C)C. The Hall–Kier alpha value is 0.155. The van der Waals surface area contributed by atoms with Crippen molar-refractivity contribution in [2.45, 2.75) is 6.82 Å². The summed E-state index contributed by atoms with van der Waals surface area (Å²) in [5.41, 5.74) is 0. The molecule has 8 heavy (non-hydrogen) atoms. The standard InChI is InChI=1S/C6H15BS/c1-7-5-6-8(2,3)4/h5-7H,1-4H3/b6-5+. The van der Waals surface area contributed by atoms with Gasteiger partial charge in [0, 0.05) is 0 Å². The van der Waals surface area contributed by atoms with Crippen molar-refractivity contribution in [3.05, 3.63) is 11.4 Å². The van der Waals surface area contributed by atoms with Crippen LogP contribution in [-0.2, 0) is 0 Å². The van der Waals surface area contributed by atoms with E-state index in [4.69, 9.17) is 0 Å². The molecule has 0 aliphatic carbocycles. The Morgan fingerprint density at radius 3 is 1.88 bits per heavy atom. The molecular formula is C6H15BS. The highest BCUT2D eigenvalue weighted by atomic mass is 32.3. The fraction of sp³-hybridized carbons (Fsp3) is 0.667. The predicted molar refractivity (Wildman–Crippen MR) is 47.5 cm³/mol. The average molecular weight is 130 g/mol. The van der Waals surface area contributed by atoms with Gasteiger partial charge in [0.2, 0.25) is 0 Å². The Morgan fingerprint density at radius 1 is 1.25 bits per heavy atom. The molecule has 0 radical (unpaired) electrons. The zero-order valence-corrected chi connectivity index (χ0v) is 7.09. The van der Waals surface area contributed by atoms with Gasteiger partial charge in [0.25, 0.3) is 0 Å². The first-order valence-electron chi connectivity index (χ1n) is 2.91. The van der Waals surface area contributed by atoms with Gasteiger partial charge in [-0.15, -0.1) is 5.98 Å². The molecule has 0 nitrogen and oxygen atoms in total. The summed E-state index contributed by atoms with van der Waals surface area (Å²) in [7, 11) is 0.804. The van der Waals surface area contributed by atoms with Gasteiger partial charge in [0.1, 0.15) is 7.28 Å². The minimum absolute atomic E-state index is 0.367. The Balaban J connectivity index is 3.52. The number of hydrogen-bond acceptors (Lipinski definition) is 0. The van der Waals surface area contributed by atoms with Crippen LogP contribution in [0, 0.1) is 0 Å². The molecule has 0 heterocycles. The van der Waals surface area contributed by atoms with Gasteiger partial charge in [-0.05, 0) is 18.8 Å². The van der Waals surface area contributed by atoms with Gasteiger partial charge in [0.05, 0.1) is 0 Å². The third kappa shape index (κ3) is 6.15. The summed E-state index contributed by atoms with van der Waals surface area (Å²) in [6.45, 7) is 2.17. The second kappa shape index (κ2) is 3.23. The molecule has 0 fully saturated rings. The summed E-state index contributed by atoms with van der Waals surface area (Å²) < 4.78 is 0. The highest BCUT2D eigenvalue weighted by Crippen LogP contribution is 2.35. The summed E-state index contributed by atoms with van der Waals surface area (Å²) in [5.74, 6) is 2.25. The highest BCUT2D eigenvalue weighted by Gasteiger charge is 1.93. The maximum absolute atomic E-state index is 2.33. The second-order valence-electron chi connectivity index (χ2n) is 2.71. The first kappa shape index (κ1) is 8.15. The summed E-state index contributed by atoms with van der Waals surface area (Å²) >= 11 is 0. The first-order chi connectivity index (χ1) is 3.56. The van der Waals surface area contributed by atoms with Crippen LogP contribution in [0.5, 0.6) is 0 Å². The molecule has 0 aliphatic heterocycles. The molecule has 0 N–H and O–H groups in total. The lowest BCUT2D eigenvalue weighted by atomic mass is 9.84. The van der Waals surface area contributed by atoms with Crippen molar-refractivity contribution >= 4 is 17.3 Å². The normalized spacial score (nSPS) is 14.5. The van der Waals surface area contributed by atoms with Crippen LogP contribution < -0.4 is 0 Å². The lowest BCUT2D eigenvalue weighted by molar-refractivity contribution is 2.08. The quantitative estimate of drug-likeness (QED) is 0.498. The molecular weight excluding hydrogens is 115 g/mol. The molecule has 0 aromatic heterocycles. The summed E-state index contributed by atoms with van der Waals surface area (Å²) in [6, 6.07) is 0. The van der Waals surface area contributed by atoms with E-state index in [1.807, 2.05) is 0 Å². The molecule has 0 aliphatic rings. The van der Waals surface area contributed by atoms with Crippen LogP contribution in [0.3, 0.4) is 0 Å². The van der Waals surface area contributed by atoms with E-state index in [0.29, 0.717) is 0 Å². The Bertz CT molecular complexity index is 81.0. The Morgan fingerprint density at radius 2 is 1.75 bits per heavy atom. The lowest BCUT2D eigenvalue weighted by Gasteiger charge is -2.18. The van der Waals surface area contributed by atoms with E-state index >= 15 is 0 Å². The fourth-order valence-electron chi connectivity index (χ4n) is 0.385. The molecule has 2 heteroatoms. The molecule has 0 aromatic rings. The van der Waals surface area contributed by atoms with Crippen LogP contribution >= 0.6 is 10.0 Å². The van der Waals surface area contributed by atoms with Gasteiger partial charge in [-0.2, -0.15) is 0 Å². The van der Waals surface area contributed by atoms with Gasteiger partial charge in [-0.1, -0.05) is 12.2 Å². The van der Waals surface area contributed by atoms with E-state index in [0.717, 1.165) is 0 Å². The largest absolute Gasteiger partial charge is 0.231 e. The summed E-state index contributed by atoms with van der Waals surface area (Å²) in [6.07, 6.45) is 6.87. The van der Waals surface area contributed by atoms with Crippen LogP contribution in [0.4, 0.5) is 0 Å². The topological polar surface area (TPSA) is 0 Å². The Kier molecular flexibility index (Phi) is 3.30. The molecule has 0 bridgehead atoms. The van der Waals surface area contributed by atoms with Gasteiger partial charge >= 0.3 is 0 Å². The second-order valence-corrected chi connectivity index (χ2v) is 6.85. The molecule has 48 valence electrons. The average Bonchev–Trinajstić information content (AvgIpc) is 1.59. The van der Waals surface area contributed by atoms with E-state index in [1.54, 1.807) is 0 Å². The van der Waals surface area contributed by atoms with Crippen molar-refractivity contribution in [2.75, 3.05) is 18.8 Å². The molecule has 0 spiro atoms. The van der Waals surface area contributed by atoms with Crippen LogP contribution in [0.15, 0.2) is 11.4 Å². The highest BCUT2D eigenvalue weighted by molar-refractivity contribution is 8.34. The molecule has 0 rings (SSSR count). The van der Waals surface area contributed by atoms with Crippen molar-refractivity contribution < 1.29 is 0 Å². The van der Waals surface area contributed by atoms with Gasteiger partial charge in [-0.25, -0.2) is 10.0 Å². The van der Waals surface area contributed by atoms with Gasteiger partial charge in [0.15, 0.2) is 0 Å². The van der Waals surface area contributed by atoms with Gasteiger partial charge in [-0.3, -0.25) is 0 Å². The third-order valence-electron chi connectivity index (χ3n) is 0.740.